The Labute approximate surface area is 228 Å². The molecule has 196 valence electrons. The Morgan fingerprint density at radius 3 is 2.19 bits per heavy atom. The van der Waals surface area contributed by atoms with Gasteiger partial charge in [-0.2, -0.15) is 0 Å². The van der Waals surface area contributed by atoms with Crippen LogP contribution in [0.2, 0.25) is 0 Å². The Bertz CT molecular complexity index is 1440. The van der Waals surface area contributed by atoms with E-state index >= 15 is 0 Å². The van der Waals surface area contributed by atoms with Crippen LogP contribution in [0.1, 0.15) is 24.2 Å². The van der Waals surface area contributed by atoms with Crippen LogP contribution in [0.3, 0.4) is 0 Å². The Hall–Kier alpha value is -2.98. The van der Waals surface area contributed by atoms with Crippen molar-refractivity contribution < 1.29 is 17.9 Å². The number of anilines is 1. The fourth-order valence-corrected chi connectivity index (χ4v) is 5.50. The summed E-state index contributed by atoms with van der Waals surface area (Å²) in [5.41, 5.74) is 1.18. The maximum atomic E-state index is 13.6. The van der Waals surface area contributed by atoms with Gasteiger partial charge in [0.25, 0.3) is 5.91 Å². The number of fused-ring (bicyclic) bond motifs is 1. The highest BCUT2D eigenvalue weighted by molar-refractivity contribution is 7.90. The van der Waals surface area contributed by atoms with E-state index in [4.69, 9.17) is 4.74 Å². The maximum Gasteiger partial charge on any atom is 0.260 e. The number of carbonyl (C=O) groups excluding carboxylic acids is 1. The predicted octanol–water partition coefficient (Wildman–Crippen LogP) is 5.90. The van der Waals surface area contributed by atoms with Crippen molar-refractivity contribution in [1.82, 2.24) is 9.88 Å². The van der Waals surface area contributed by atoms with Gasteiger partial charge in [-0.3, -0.25) is 9.69 Å². The van der Waals surface area contributed by atoms with Gasteiger partial charge >= 0.3 is 0 Å². The zero-order valence-electron chi connectivity index (χ0n) is 21.0. The first kappa shape index (κ1) is 28.6. The van der Waals surface area contributed by atoms with Crippen molar-refractivity contribution in [2.45, 2.75) is 18.7 Å². The molecule has 0 spiro atoms. The van der Waals surface area contributed by atoms with Crippen LogP contribution >= 0.6 is 23.7 Å². The second-order valence-electron chi connectivity index (χ2n) is 8.32. The van der Waals surface area contributed by atoms with E-state index in [1.165, 1.54) is 17.6 Å². The van der Waals surface area contributed by atoms with E-state index in [1.54, 1.807) is 47.4 Å². The van der Waals surface area contributed by atoms with E-state index < -0.39 is 9.84 Å². The van der Waals surface area contributed by atoms with Gasteiger partial charge in [-0.25, -0.2) is 13.4 Å². The summed E-state index contributed by atoms with van der Waals surface area (Å²) >= 11 is 1.32. The van der Waals surface area contributed by atoms with Crippen molar-refractivity contribution in [3.05, 3.63) is 78.4 Å². The minimum Gasteiger partial charge on any atom is -0.457 e. The van der Waals surface area contributed by atoms with Gasteiger partial charge in [0, 0.05) is 24.9 Å². The molecule has 7 nitrogen and oxygen atoms in total. The Balaban J connectivity index is 0.00000380. The van der Waals surface area contributed by atoms with E-state index in [0.29, 0.717) is 35.1 Å². The number of para-hydroxylation sites is 1. The monoisotopic (exact) mass is 559 g/mol. The molecule has 4 aromatic rings. The first-order valence-electron chi connectivity index (χ1n) is 11.8. The normalized spacial score (nSPS) is 11.4. The van der Waals surface area contributed by atoms with Gasteiger partial charge in [-0.1, -0.05) is 43.4 Å². The second kappa shape index (κ2) is 12.5. The fraction of sp³-hybridized carbons (Fsp3) is 0.259. The number of likely N-dealkylation sites (N-methyl/N-ethyl adjacent to an activating group) is 1. The number of rotatable bonds is 10. The van der Waals surface area contributed by atoms with Crippen molar-refractivity contribution >= 4 is 54.8 Å². The lowest BCUT2D eigenvalue weighted by molar-refractivity contribution is 0.0983. The van der Waals surface area contributed by atoms with Gasteiger partial charge in [0.15, 0.2) is 15.0 Å². The van der Waals surface area contributed by atoms with Crippen LogP contribution < -0.4 is 9.64 Å². The molecule has 1 heterocycles. The SMILES string of the molecule is CCN(CC)CCN(C(=O)c1ccc(Oc2ccccc2)cc1)c1nc2ccc(S(C)(=O)=O)cc2s1.Cl. The molecule has 0 aliphatic heterocycles. The fourth-order valence-electron chi connectivity index (χ4n) is 3.75. The predicted molar refractivity (Wildman–Crippen MR) is 152 cm³/mol. The number of carbonyl (C=O) groups is 1. The van der Waals surface area contributed by atoms with Crippen LogP contribution in [0, 0.1) is 0 Å². The number of aromatic nitrogens is 1. The minimum absolute atomic E-state index is 0. The van der Waals surface area contributed by atoms with E-state index in [1.807, 2.05) is 30.3 Å². The molecule has 0 N–H and O–H groups in total. The summed E-state index contributed by atoms with van der Waals surface area (Å²) in [5, 5.41) is 0.539. The van der Waals surface area contributed by atoms with Gasteiger partial charge in [-0.15, -0.1) is 12.4 Å². The summed E-state index contributed by atoms with van der Waals surface area (Å²) in [4.78, 5) is 22.5. The zero-order chi connectivity index (χ0) is 25.7. The second-order valence-corrected chi connectivity index (χ2v) is 11.3. The summed E-state index contributed by atoms with van der Waals surface area (Å²) in [6.45, 7) is 7.08. The van der Waals surface area contributed by atoms with Crippen molar-refractivity contribution in [1.29, 1.82) is 0 Å². The summed E-state index contributed by atoms with van der Waals surface area (Å²) in [5.74, 6) is 1.19. The molecule has 1 aromatic heterocycles. The third kappa shape index (κ3) is 7.07. The summed E-state index contributed by atoms with van der Waals surface area (Å²) in [7, 11) is -3.34. The van der Waals surface area contributed by atoms with E-state index in [9.17, 15) is 13.2 Å². The lowest BCUT2D eigenvalue weighted by Crippen LogP contribution is -2.38. The first-order chi connectivity index (χ1) is 17.3. The standard InChI is InChI=1S/C27H29N3O4S2.ClH/c1-4-29(5-2)17-18-30(27-28-24-16-15-23(36(3,32)33)19-25(24)35-27)26(31)20-11-13-22(14-12-20)34-21-9-7-6-8-10-21;/h6-16,19H,4-5,17-18H2,1-3H3;1H. The summed E-state index contributed by atoms with van der Waals surface area (Å²) in [6.07, 6.45) is 1.18. The van der Waals surface area contributed by atoms with Gasteiger partial charge in [0.2, 0.25) is 0 Å². The largest absolute Gasteiger partial charge is 0.457 e. The number of sulfone groups is 1. The molecular formula is C27H30ClN3O4S2. The Morgan fingerprint density at radius 1 is 0.919 bits per heavy atom. The molecule has 0 saturated heterocycles. The highest BCUT2D eigenvalue weighted by Crippen LogP contribution is 2.32. The molecule has 0 saturated carbocycles. The number of ether oxygens (including phenoxy) is 1. The van der Waals surface area contributed by atoms with E-state index in [-0.39, 0.29) is 23.2 Å². The minimum atomic E-state index is -3.34. The van der Waals surface area contributed by atoms with Crippen molar-refractivity contribution in [3.63, 3.8) is 0 Å². The highest BCUT2D eigenvalue weighted by Gasteiger charge is 2.22. The molecule has 10 heteroatoms. The lowest BCUT2D eigenvalue weighted by Gasteiger charge is -2.24. The van der Waals surface area contributed by atoms with Gasteiger partial charge in [-0.05, 0) is 67.7 Å². The van der Waals surface area contributed by atoms with Crippen LogP contribution in [-0.4, -0.2) is 56.6 Å². The number of nitrogens with zero attached hydrogens (tertiary/aromatic N) is 3. The van der Waals surface area contributed by atoms with Crippen LogP contribution in [0.4, 0.5) is 5.13 Å². The van der Waals surface area contributed by atoms with Crippen LogP contribution in [-0.2, 0) is 9.84 Å². The summed E-state index contributed by atoms with van der Waals surface area (Å²) in [6, 6.07) is 21.4. The molecule has 0 fully saturated rings. The van der Waals surface area contributed by atoms with Gasteiger partial charge in [0.05, 0.1) is 15.1 Å². The third-order valence-electron chi connectivity index (χ3n) is 5.87. The van der Waals surface area contributed by atoms with Crippen molar-refractivity contribution in [2.75, 3.05) is 37.3 Å². The molecular weight excluding hydrogens is 530 g/mol. The topological polar surface area (TPSA) is 79.8 Å². The zero-order valence-corrected chi connectivity index (χ0v) is 23.4. The lowest BCUT2D eigenvalue weighted by atomic mass is 10.2. The van der Waals surface area contributed by atoms with E-state index in [0.717, 1.165) is 23.5 Å². The maximum absolute atomic E-state index is 13.6. The smallest absolute Gasteiger partial charge is 0.260 e. The molecule has 0 atom stereocenters. The molecule has 0 unspecified atom stereocenters. The Morgan fingerprint density at radius 2 is 1.57 bits per heavy atom. The highest BCUT2D eigenvalue weighted by atomic mass is 35.5. The summed E-state index contributed by atoms with van der Waals surface area (Å²) < 4.78 is 30.6. The number of benzene rings is 3. The Kier molecular flexibility index (Phi) is 9.67. The van der Waals surface area contributed by atoms with Crippen molar-refractivity contribution in [3.8, 4) is 11.5 Å². The molecule has 0 radical (unpaired) electrons. The first-order valence-corrected chi connectivity index (χ1v) is 14.5. The quantitative estimate of drug-likeness (QED) is 0.240. The molecule has 0 bridgehead atoms. The molecule has 37 heavy (non-hydrogen) atoms. The van der Waals surface area contributed by atoms with E-state index in [2.05, 4.69) is 23.7 Å². The molecule has 4 rings (SSSR count). The van der Waals surface area contributed by atoms with Gasteiger partial charge < -0.3 is 9.64 Å². The number of amides is 1. The number of hydrogen-bond acceptors (Lipinski definition) is 7. The van der Waals surface area contributed by atoms with Crippen LogP contribution in [0.5, 0.6) is 11.5 Å². The van der Waals surface area contributed by atoms with Gasteiger partial charge in [0.1, 0.15) is 11.5 Å². The molecule has 1 amide bonds. The van der Waals surface area contributed by atoms with Crippen molar-refractivity contribution in [2.24, 2.45) is 0 Å². The number of halogens is 1. The average molecular weight is 560 g/mol. The molecule has 0 aliphatic carbocycles. The number of thiazole rings is 1. The van der Waals surface area contributed by atoms with Crippen LogP contribution in [0.25, 0.3) is 10.2 Å². The number of hydrogen-bond donors (Lipinski definition) is 0. The van der Waals surface area contributed by atoms with Crippen LogP contribution in [0.15, 0.2) is 77.7 Å². The molecule has 3 aromatic carbocycles. The average Bonchev–Trinajstić information content (AvgIpc) is 3.30. The third-order valence-corrected chi connectivity index (χ3v) is 8.02. The molecule has 0 aliphatic rings.